The van der Waals surface area contributed by atoms with Crippen LogP contribution in [0.5, 0.6) is 0 Å². The molecule has 7 nitrogen and oxygen atoms in total. The first-order chi connectivity index (χ1) is 16.8. The van der Waals surface area contributed by atoms with Gasteiger partial charge in [0.25, 0.3) is 0 Å². The molecular weight excluding hydrogens is 424 g/mol. The fraction of sp³-hybridized carbons (Fsp3) is 0.222. The van der Waals surface area contributed by atoms with Gasteiger partial charge in [-0.3, -0.25) is 4.98 Å². The topological polar surface area (TPSA) is 81.6 Å². The molecule has 1 aliphatic heterocycles. The molecule has 34 heavy (non-hydrogen) atoms. The van der Waals surface area contributed by atoms with Gasteiger partial charge in [0, 0.05) is 35.4 Å². The Morgan fingerprint density at radius 3 is 2.53 bits per heavy atom. The maximum atomic E-state index is 5.97. The number of para-hydroxylation sites is 1. The zero-order valence-corrected chi connectivity index (χ0v) is 18.9. The fourth-order valence-electron chi connectivity index (χ4n) is 4.63. The van der Waals surface area contributed by atoms with Crippen molar-refractivity contribution >= 4 is 27.9 Å². The summed E-state index contributed by atoms with van der Waals surface area (Å²) < 4.78 is 7.53. The lowest BCUT2D eigenvalue weighted by Gasteiger charge is -2.28. The van der Waals surface area contributed by atoms with Crippen LogP contribution in [0, 0.1) is 0 Å². The minimum atomic E-state index is 0.723. The van der Waals surface area contributed by atoms with Crippen LogP contribution in [-0.4, -0.2) is 45.9 Å². The molecule has 0 bridgehead atoms. The van der Waals surface area contributed by atoms with Crippen LogP contribution in [0.4, 0.5) is 11.4 Å². The standard InChI is InChI=1S/C27H26N6O/c28-21-8-5-20(6-9-21)26-24(12-11-22-10-7-19-3-1-2-4-23(19)30-22)31-27-25(13-14-29-33(26)27)32-15-17-34-18-16-32/h1-10,13-14H,11-12,15-18,28H2. The number of imidazole rings is 1. The highest BCUT2D eigenvalue weighted by molar-refractivity contribution is 5.78. The summed E-state index contributed by atoms with van der Waals surface area (Å²) >= 11 is 0. The van der Waals surface area contributed by atoms with Crippen molar-refractivity contribution in [2.75, 3.05) is 36.9 Å². The predicted octanol–water partition coefficient (Wildman–Crippen LogP) is 4.15. The summed E-state index contributed by atoms with van der Waals surface area (Å²) in [6.45, 7) is 3.14. The van der Waals surface area contributed by atoms with Crippen LogP contribution < -0.4 is 10.6 Å². The molecule has 0 radical (unpaired) electrons. The van der Waals surface area contributed by atoms with Crippen LogP contribution in [0.2, 0.25) is 0 Å². The van der Waals surface area contributed by atoms with Crippen LogP contribution >= 0.6 is 0 Å². The SMILES string of the molecule is Nc1ccc(-c2c(CCc3ccc4ccccc4n3)nc3c(N4CCOCC4)ccnn23)cc1. The Balaban J connectivity index is 1.42. The summed E-state index contributed by atoms with van der Waals surface area (Å²) in [5.41, 5.74) is 13.8. The third-order valence-corrected chi connectivity index (χ3v) is 6.38. The van der Waals surface area contributed by atoms with Crippen molar-refractivity contribution < 1.29 is 4.74 Å². The summed E-state index contributed by atoms with van der Waals surface area (Å²) in [7, 11) is 0. The van der Waals surface area contributed by atoms with Gasteiger partial charge in [-0.05, 0) is 43.2 Å². The molecule has 170 valence electrons. The molecule has 2 N–H and O–H groups in total. The number of hydrogen-bond donors (Lipinski definition) is 1. The third kappa shape index (κ3) is 3.84. The number of aryl methyl sites for hydroxylation is 2. The van der Waals surface area contributed by atoms with E-state index in [1.165, 1.54) is 0 Å². The molecule has 4 heterocycles. The smallest absolute Gasteiger partial charge is 0.178 e. The Morgan fingerprint density at radius 1 is 0.853 bits per heavy atom. The molecule has 0 spiro atoms. The van der Waals surface area contributed by atoms with Crippen LogP contribution in [-0.2, 0) is 17.6 Å². The van der Waals surface area contributed by atoms with E-state index >= 15 is 0 Å². The van der Waals surface area contributed by atoms with E-state index in [0.717, 1.165) is 89.7 Å². The zero-order chi connectivity index (χ0) is 22.9. The maximum Gasteiger partial charge on any atom is 0.178 e. The van der Waals surface area contributed by atoms with Crippen molar-refractivity contribution in [2.24, 2.45) is 0 Å². The van der Waals surface area contributed by atoms with Gasteiger partial charge in [-0.25, -0.2) is 9.50 Å². The highest BCUT2D eigenvalue weighted by atomic mass is 16.5. The summed E-state index contributed by atoms with van der Waals surface area (Å²) in [6, 6.07) is 22.4. The van der Waals surface area contributed by atoms with E-state index in [4.69, 9.17) is 25.5 Å². The largest absolute Gasteiger partial charge is 0.399 e. The van der Waals surface area contributed by atoms with E-state index in [2.05, 4.69) is 35.2 Å². The van der Waals surface area contributed by atoms with Gasteiger partial charge in [0.15, 0.2) is 5.65 Å². The van der Waals surface area contributed by atoms with Gasteiger partial charge >= 0.3 is 0 Å². The summed E-state index contributed by atoms with van der Waals surface area (Å²) in [6.07, 6.45) is 3.41. The summed E-state index contributed by atoms with van der Waals surface area (Å²) in [5.74, 6) is 0. The lowest BCUT2D eigenvalue weighted by Crippen LogP contribution is -2.36. The van der Waals surface area contributed by atoms with Crippen molar-refractivity contribution in [3.63, 3.8) is 0 Å². The number of benzene rings is 2. The lowest BCUT2D eigenvalue weighted by molar-refractivity contribution is 0.123. The Bertz CT molecular complexity index is 1450. The van der Waals surface area contributed by atoms with E-state index in [1.807, 2.05) is 47.1 Å². The Labute approximate surface area is 197 Å². The molecule has 0 saturated carbocycles. The lowest BCUT2D eigenvalue weighted by atomic mass is 10.1. The number of hydrogen-bond acceptors (Lipinski definition) is 6. The molecule has 2 aromatic carbocycles. The van der Waals surface area contributed by atoms with E-state index in [0.29, 0.717) is 0 Å². The van der Waals surface area contributed by atoms with Gasteiger partial charge in [-0.2, -0.15) is 5.10 Å². The highest BCUT2D eigenvalue weighted by Gasteiger charge is 2.21. The molecule has 0 amide bonds. The molecule has 0 aliphatic carbocycles. The number of morpholine rings is 1. The molecular formula is C27H26N6O. The van der Waals surface area contributed by atoms with E-state index in [-0.39, 0.29) is 0 Å². The number of fused-ring (bicyclic) bond motifs is 2. The quantitative estimate of drug-likeness (QED) is 0.405. The van der Waals surface area contributed by atoms with Gasteiger partial charge in [-0.15, -0.1) is 0 Å². The summed E-state index contributed by atoms with van der Waals surface area (Å²) in [4.78, 5) is 12.3. The molecule has 1 fully saturated rings. The number of nitrogen functional groups attached to an aromatic ring is 1. The van der Waals surface area contributed by atoms with Gasteiger partial charge < -0.3 is 15.4 Å². The Hall–Kier alpha value is -3.97. The van der Waals surface area contributed by atoms with Gasteiger partial charge in [0.2, 0.25) is 0 Å². The molecule has 3 aromatic heterocycles. The van der Waals surface area contributed by atoms with Gasteiger partial charge in [0.1, 0.15) is 0 Å². The summed E-state index contributed by atoms with van der Waals surface area (Å²) in [5, 5.41) is 5.86. The first kappa shape index (κ1) is 20.6. The second-order valence-electron chi connectivity index (χ2n) is 8.58. The number of rotatable bonds is 5. The third-order valence-electron chi connectivity index (χ3n) is 6.38. The average Bonchev–Trinajstić information content (AvgIpc) is 3.27. The number of anilines is 2. The fourth-order valence-corrected chi connectivity index (χ4v) is 4.63. The molecule has 6 rings (SSSR count). The van der Waals surface area contributed by atoms with Crippen molar-refractivity contribution in [3.05, 3.63) is 84.3 Å². The maximum absolute atomic E-state index is 5.97. The Kier molecular flexibility index (Phi) is 5.31. The van der Waals surface area contributed by atoms with Crippen molar-refractivity contribution in [1.82, 2.24) is 19.6 Å². The molecule has 7 heteroatoms. The number of ether oxygens (including phenoxy) is 1. The monoisotopic (exact) mass is 450 g/mol. The van der Waals surface area contributed by atoms with Crippen LogP contribution in [0.3, 0.4) is 0 Å². The minimum absolute atomic E-state index is 0.723. The van der Waals surface area contributed by atoms with Crippen LogP contribution in [0.25, 0.3) is 27.8 Å². The first-order valence-corrected chi connectivity index (χ1v) is 11.7. The number of aromatic nitrogens is 4. The molecule has 1 aliphatic rings. The van der Waals surface area contributed by atoms with Crippen LogP contribution in [0.1, 0.15) is 11.4 Å². The molecule has 0 atom stereocenters. The predicted molar refractivity (Wildman–Crippen MR) is 135 cm³/mol. The second-order valence-corrected chi connectivity index (χ2v) is 8.58. The highest BCUT2D eigenvalue weighted by Crippen LogP contribution is 2.31. The van der Waals surface area contributed by atoms with E-state index in [9.17, 15) is 0 Å². The average molecular weight is 451 g/mol. The number of nitrogens with zero attached hydrogens (tertiary/aromatic N) is 5. The molecule has 5 aromatic rings. The number of pyridine rings is 1. The van der Waals surface area contributed by atoms with Gasteiger partial charge in [0.05, 0.1) is 42.0 Å². The van der Waals surface area contributed by atoms with Crippen molar-refractivity contribution in [3.8, 4) is 11.3 Å². The van der Waals surface area contributed by atoms with Crippen molar-refractivity contribution in [2.45, 2.75) is 12.8 Å². The van der Waals surface area contributed by atoms with E-state index in [1.54, 1.807) is 0 Å². The molecule has 1 saturated heterocycles. The van der Waals surface area contributed by atoms with Crippen LogP contribution in [0.15, 0.2) is 72.9 Å². The Morgan fingerprint density at radius 2 is 1.68 bits per heavy atom. The van der Waals surface area contributed by atoms with Crippen molar-refractivity contribution in [1.29, 1.82) is 0 Å². The van der Waals surface area contributed by atoms with Gasteiger partial charge in [-0.1, -0.05) is 36.4 Å². The minimum Gasteiger partial charge on any atom is -0.399 e. The first-order valence-electron chi connectivity index (χ1n) is 11.7. The number of nitrogens with two attached hydrogens (primary N) is 1. The molecule has 0 unspecified atom stereocenters. The normalized spacial score (nSPS) is 14.2. The van der Waals surface area contributed by atoms with E-state index < -0.39 is 0 Å². The zero-order valence-electron chi connectivity index (χ0n) is 18.9. The second kappa shape index (κ2) is 8.76.